The van der Waals surface area contributed by atoms with Crippen LogP contribution >= 0.6 is 23.5 Å². The zero-order chi connectivity index (χ0) is 13.5. The van der Waals surface area contributed by atoms with Crippen molar-refractivity contribution in [3.8, 4) is 0 Å². The Balaban J connectivity index is 3.17. The van der Waals surface area contributed by atoms with E-state index in [2.05, 4.69) is 16.3 Å². The Morgan fingerprint density at radius 1 is 1.44 bits per heavy atom. The molecule has 0 saturated heterocycles. The second kappa shape index (κ2) is 7.43. The molecule has 0 radical (unpaired) electrons. The van der Waals surface area contributed by atoms with Crippen molar-refractivity contribution in [3.05, 3.63) is 23.8 Å². The van der Waals surface area contributed by atoms with Gasteiger partial charge in [-0.2, -0.15) is 11.8 Å². The molecule has 0 unspecified atom stereocenters. The number of thioether (sulfide) groups is 2. The van der Waals surface area contributed by atoms with E-state index in [0.29, 0.717) is 0 Å². The van der Waals surface area contributed by atoms with Crippen molar-refractivity contribution >= 4 is 35.0 Å². The second-order valence-corrected chi connectivity index (χ2v) is 5.59. The van der Waals surface area contributed by atoms with Gasteiger partial charge < -0.3 is 15.8 Å². The van der Waals surface area contributed by atoms with Gasteiger partial charge in [-0.3, -0.25) is 0 Å². The Hall–Kier alpha value is -1.01. The predicted molar refractivity (Wildman–Crippen MR) is 82.4 cm³/mol. The summed E-state index contributed by atoms with van der Waals surface area (Å²) in [4.78, 5) is 3.14. The summed E-state index contributed by atoms with van der Waals surface area (Å²) in [6.07, 6.45) is 4.06. The summed E-state index contributed by atoms with van der Waals surface area (Å²) in [7, 11) is 2.02. The maximum Gasteiger partial charge on any atom is 0.173 e. The van der Waals surface area contributed by atoms with Gasteiger partial charge in [-0.05, 0) is 24.6 Å². The van der Waals surface area contributed by atoms with Gasteiger partial charge in [-0.1, -0.05) is 11.2 Å². The largest absolute Gasteiger partial charge is 0.409 e. The summed E-state index contributed by atoms with van der Waals surface area (Å²) in [5, 5.41) is 12.1. The first-order valence-electron chi connectivity index (χ1n) is 5.50. The number of benzene rings is 1. The lowest BCUT2D eigenvalue weighted by molar-refractivity contribution is 0.318. The Morgan fingerprint density at radius 2 is 2.17 bits per heavy atom. The van der Waals surface area contributed by atoms with Gasteiger partial charge in [0.2, 0.25) is 0 Å². The first kappa shape index (κ1) is 15.0. The van der Waals surface area contributed by atoms with E-state index in [1.807, 2.05) is 31.5 Å². The number of hydrogen-bond acceptors (Lipinski definition) is 5. The Morgan fingerprint density at radius 3 is 2.72 bits per heavy atom. The number of rotatable bonds is 6. The van der Waals surface area contributed by atoms with Crippen LogP contribution in [0.4, 0.5) is 5.69 Å². The van der Waals surface area contributed by atoms with Crippen molar-refractivity contribution in [2.24, 2.45) is 10.9 Å². The fourth-order valence-electron chi connectivity index (χ4n) is 1.66. The smallest absolute Gasteiger partial charge is 0.173 e. The van der Waals surface area contributed by atoms with Crippen LogP contribution in [0.15, 0.2) is 28.3 Å². The molecule has 18 heavy (non-hydrogen) atoms. The molecule has 0 aromatic heterocycles. The summed E-state index contributed by atoms with van der Waals surface area (Å²) in [5.74, 6) is 1.20. The van der Waals surface area contributed by atoms with Gasteiger partial charge in [0.05, 0.1) is 5.56 Å². The highest BCUT2D eigenvalue weighted by molar-refractivity contribution is 7.98. The fraction of sp³-hybridized carbons (Fsp3) is 0.417. The van der Waals surface area contributed by atoms with Crippen LogP contribution in [0, 0.1) is 0 Å². The van der Waals surface area contributed by atoms with Crippen LogP contribution in [0.2, 0.25) is 0 Å². The third-order valence-electron chi connectivity index (χ3n) is 2.63. The first-order chi connectivity index (χ1) is 8.65. The van der Waals surface area contributed by atoms with Crippen LogP contribution in [0.3, 0.4) is 0 Å². The molecule has 0 amide bonds. The quantitative estimate of drug-likeness (QED) is 0.276. The first-order valence-corrected chi connectivity index (χ1v) is 8.12. The minimum atomic E-state index is 0.158. The van der Waals surface area contributed by atoms with Crippen LogP contribution in [-0.4, -0.2) is 42.9 Å². The minimum absolute atomic E-state index is 0.158. The third kappa shape index (κ3) is 3.49. The molecule has 4 nitrogen and oxygen atoms in total. The highest BCUT2D eigenvalue weighted by Gasteiger charge is 2.15. The molecule has 0 aliphatic heterocycles. The van der Waals surface area contributed by atoms with E-state index >= 15 is 0 Å². The Labute approximate surface area is 117 Å². The molecular formula is C12H19N3OS2. The molecule has 1 aromatic rings. The van der Waals surface area contributed by atoms with E-state index < -0.39 is 0 Å². The zero-order valence-electron chi connectivity index (χ0n) is 10.9. The second-order valence-electron chi connectivity index (χ2n) is 3.75. The van der Waals surface area contributed by atoms with Crippen LogP contribution in [0.1, 0.15) is 5.56 Å². The van der Waals surface area contributed by atoms with Gasteiger partial charge in [0.1, 0.15) is 0 Å². The lowest BCUT2D eigenvalue weighted by atomic mass is 10.1. The van der Waals surface area contributed by atoms with E-state index in [0.717, 1.165) is 28.4 Å². The van der Waals surface area contributed by atoms with Crippen molar-refractivity contribution in [1.29, 1.82) is 0 Å². The van der Waals surface area contributed by atoms with Gasteiger partial charge >= 0.3 is 0 Å². The number of nitrogens with zero attached hydrogens (tertiary/aromatic N) is 2. The van der Waals surface area contributed by atoms with Crippen molar-refractivity contribution < 1.29 is 5.21 Å². The van der Waals surface area contributed by atoms with Crippen molar-refractivity contribution in [3.63, 3.8) is 0 Å². The standard InChI is InChI=1S/C12H19N3OS2/c1-15(7-8-17-2)9-5-4-6-10(18-3)11(9)12(13)14-16/h4-6,16H,7-8H2,1-3H3,(H2,13,14). The molecular weight excluding hydrogens is 266 g/mol. The average molecular weight is 285 g/mol. The number of nitrogens with two attached hydrogens (primary N) is 1. The van der Waals surface area contributed by atoms with Gasteiger partial charge in [0, 0.05) is 29.9 Å². The maximum atomic E-state index is 8.92. The molecule has 0 atom stereocenters. The van der Waals surface area contributed by atoms with E-state index in [9.17, 15) is 0 Å². The topological polar surface area (TPSA) is 61.8 Å². The third-order valence-corrected chi connectivity index (χ3v) is 4.00. The molecule has 0 aliphatic carbocycles. The molecule has 0 fully saturated rings. The summed E-state index contributed by atoms with van der Waals surface area (Å²) >= 11 is 3.39. The van der Waals surface area contributed by atoms with Crippen LogP contribution in [0.25, 0.3) is 0 Å². The van der Waals surface area contributed by atoms with Crippen molar-refractivity contribution in [2.75, 3.05) is 36.8 Å². The van der Waals surface area contributed by atoms with Gasteiger partial charge in [-0.25, -0.2) is 0 Å². The lowest BCUT2D eigenvalue weighted by Crippen LogP contribution is -2.25. The minimum Gasteiger partial charge on any atom is -0.409 e. The molecule has 6 heteroatoms. The fourth-order valence-corrected chi connectivity index (χ4v) is 2.75. The van der Waals surface area contributed by atoms with E-state index in [4.69, 9.17) is 10.9 Å². The molecule has 100 valence electrons. The van der Waals surface area contributed by atoms with Crippen LogP contribution in [0.5, 0.6) is 0 Å². The molecule has 0 heterocycles. The Kier molecular flexibility index (Phi) is 6.21. The Bertz CT molecular complexity index is 424. The molecule has 0 bridgehead atoms. The van der Waals surface area contributed by atoms with Crippen LogP contribution < -0.4 is 10.6 Å². The van der Waals surface area contributed by atoms with Crippen LogP contribution in [-0.2, 0) is 0 Å². The molecule has 0 aliphatic rings. The molecule has 3 N–H and O–H groups in total. The summed E-state index contributed by atoms with van der Waals surface area (Å²) in [5.41, 5.74) is 7.59. The zero-order valence-corrected chi connectivity index (χ0v) is 12.5. The van der Waals surface area contributed by atoms with Gasteiger partial charge in [0.15, 0.2) is 5.84 Å². The number of oxime groups is 1. The predicted octanol–water partition coefficient (Wildman–Crippen LogP) is 2.30. The van der Waals surface area contributed by atoms with Gasteiger partial charge in [-0.15, -0.1) is 11.8 Å². The number of hydrogen-bond donors (Lipinski definition) is 2. The highest BCUT2D eigenvalue weighted by Crippen LogP contribution is 2.29. The van der Waals surface area contributed by atoms with Crippen molar-refractivity contribution in [1.82, 2.24) is 0 Å². The summed E-state index contributed by atoms with van der Waals surface area (Å²) < 4.78 is 0. The maximum absolute atomic E-state index is 8.92. The molecule has 0 saturated carbocycles. The van der Waals surface area contributed by atoms with E-state index in [-0.39, 0.29) is 5.84 Å². The molecule has 1 aromatic carbocycles. The van der Waals surface area contributed by atoms with Crippen molar-refractivity contribution in [2.45, 2.75) is 4.90 Å². The number of anilines is 1. The normalized spacial score (nSPS) is 11.6. The van der Waals surface area contributed by atoms with Gasteiger partial charge in [0.25, 0.3) is 0 Å². The van der Waals surface area contributed by atoms with E-state index in [1.54, 1.807) is 23.5 Å². The number of amidine groups is 1. The average Bonchev–Trinajstić information content (AvgIpc) is 2.42. The van der Waals surface area contributed by atoms with E-state index in [1.165, 1.54) is 0 Å². The summed E-state index contributed by atoms with van der Waals surface area (Å²) in [6.45, 7) is 0.921. The lowest BCUT2D eigenvalue weighted by Gasteiger charge is -2.23. The highest BCUT2D eigenvalue weighted by atomic mass is 32.2. The molecule has 0 spiro atoms. The molecule has 1 rings (SSSR count). The monoisotopic (exact) mass is 285 g/mol. The summed E-state index contributed by atoms with van der Waals surface area (Å²) in [6, 6.07) is 5.96. The SMILES string of the molecule is CSCCN(C)c1cccc(SC)c1/C(N)=N/O.